The largest absolute Gasteiger partial charge is 0.387 e. The van der Waals surface area contributed by atoms with Crippen molar-refractivity contribution in [2.75, 3.05) is 12.4 Å². The van der Waals surface area contributed by atoms with Gasteiger partial charge >= 0.3 is 0 Å². The molecule has 2 aromatic rings. The highest BCUT2D eigenvalue weighted by molar-refractivity contribution is 7.17. The molecule has 1 aliphatic carbocycles. The van der Waals surface area contributed by atoms with Crippen LogP contribution in [-0.2, 0) is 12.8 Å². The molecule has 0 radical (unpaired) electrons. The van der Waals surface area contributed by atoms with Gasteiger partial charge < -0.3 is 5.32 Å². The Hall–Kier alpha value is -1.09. The molecule has 0 aromatic carbocycles. The van der Waals surface area contributed by atoms with Crippen LogP contribution in [0.3, 0.4) is 0 Å². The molecule has 0 saturated carbocycles. The van der Waals surface area contributed by atoms with Crippen molar-refractivity contribution in [2.24, 2.45) is 0 Å². The van der Waals surface area contributed by atoms with Crippen LogP contribution in [0.5, 0.6) is 0 Å². The molecule has 1 N–H and O–H groups in total. The van der Waals surface area contributed by atoms with E-state index in [1.807, 2.05) is 7.05 Å². The molecule has 3 heteroatoms. The monoisotopic (exact) mass is 232 g/mol. The zero-order valence-electron chi connectivity index (χ0n) is 9.55. The van der Waals surface area contributed by atoms with Crippen LogP contribution in [0.2, 0.25) is 0 Å². The van der Waals surface area contributed by atoms with E-state index in [-0.39, 0.29) is 0 Å². The summed E-state index contributed by atoms with van der Waals surface area (Å²) in [4.78, 5) is 4.81. The van der Waals surface area contributed by atoms with Crippen LogP contribution in [0.15, 0.2) is 11.4 Å². The summed E-state index contributed by atoms with van der Waals surface area (Å²) in [6, 6.07) is 2.13. The molecule has 0 bridgehead atoms. The predicted molar refractivity (Wildman–Crippen MR) is 70.4 cm³/mol. The summed E-state index contributed by atoms with van der Waals surface area (Å²) in [5.74, 6) is 0. The fourth-order valence-corrected chi connectivity index (χ4v) is 3.49. The van der Waals surface area contributed by atoms with E-state index >= 15 is 0 Å². The molecule has 84 valence electrons. The van der Waals surface area contributed by atoms with Crippen molar-refractivity contribution in [1.29, 1.82) is 0 Å². The van der Waals surface area contributed by atoms with E-state index in [0.717, 1.165) is 11.9 Å². The fraction of sp³-hybridized carbons (Fsp3) is 0.462. The lowest BCUT2D eigenvalue weighted by Gasteiger charge is -2.12. The van der Waals surface area contributed by atoms with Crippen molar-refractivity contribution in [1.82, 2.24) is 4.98 Å². The molecule has 0 aliphatic heterocycles. The van der Waals surface area contributed by atoms with Crippen molar-refractivity contribution >= 4 is 27.2 Å². The molecular formula is C13H16N2S. The summed E-state index contributed by atoms with van der Waals surface area (Å²) < 4.78 is 1.32. The van der Waals surface area contributed by atoms with Crippen LogP contribution in [0, 0.1) is 0 Å². The van der Waals surface area contributed by atoms with Gasteiger partial charge in [-0.05, 0) is 42.7 Å². The van der Waals surface area contributed by atoms with Crippen LogP contribution in [0.25, 0.3) is 10.2 Å². The predicted octanol–water partition coefficient (Wildman–Crippen LogP) is 3.61. The Morgan fingerprint density at radius 3 is 3.00 bits per heavy atom. The van der Waals surface area contributed by atoms with E-state index in [9.17, 15) is 0 Å². The standard InChI is InChI=1S/C13H16N2S/c1-14-12-9-5-3-2-4-6-10(9)15-11-7-8-16-13(11)12/h7-8H,2-6H2,1H3,(H,14,15). The van der Waals surface area contributed by atoms with E-state index in [1.54, 1.807) is 11.3 Å². The highest BCUT2D eigenvalue weighted by Crippen LogP contribution is 2.35. The maximum atomic E-state index is 4.81. The molecule has 0 atom stereocenters. The van der Waals surface area contributed by atoms with E-state index in [0.29, 0.717) is 0 Å². The minimum atomic E-state index is 1.15. The summed E-state index contributed by atoms with van der Waals surface area (Å²) in [5.41, 5.74) is 5.29. The molecule has 2 nitrogen and oxygen atoms in total. The third-order valence-electron chi connectivity index (χ3n) is 3.37. The smallest absolute Gasteiger partial charge is 0.0834 e. The Balaban J connectivity index is 2.28. The maximum absolute atomic E-state index is 4.81. The first kappa shape index (κ1) is 10.1. The van der Waals surface area contributed by atoms with Gasteiger partial charge in [0.05, 0.1) is 15.9 Å². The quantitative estimate of drug-likeness (QED) is 0.760. The number of anilines is 1. The number of aromatic nitrogens is 1. The minimum absolute atomic E-state index is 1.15. The maximum Gasteiger partial charge on any atom is 0.0834 e. The molecule has 2 heterocycles. The number of nitrogens with zero attached hydrogens (tertiary/aromatic N) is 1. The minimum Gasteiger partial charge on any atom is -0.387 e. The first-order valence-corrected chi connectivity index (χ1v) is 6.85. The van der Waals surface area contributed by atoms with Crippen molar-refractivity contribution in [3.05, 3.63) is 22.7 Å². The van der Waals surface area contributed by atoms with Gasteiger partial charge in [-0.25, -0.2) is 0 Å². The van der Waals surface area contributed by atoms with Crippen molar-refractivity contribution < 1.29 is 0 Å². The number of thiophene rings is 1. The molecule has 0 saturated heterocycles. The molecular weight excluding hydrogens is 216 g/mol. The Morgan fingerprint density at radius 2 is 2.12 bits per heavy atom. The summed E-state index contributed by atoms with van der Waals surface area (Å²) in [6.07, 6.45) is 6.27. The lowest BCUT2D eigenvalue weighted by atomic mass is 10.1. The first-order valence-electron chi connectivity index (χ1n) is 5.97. The highest BCUT2D eigenvalue weighted by atomic mass is 32.1. The van der Waals surface area contributed by atoms with Crippen molar-refractivity contribution in [3.63, 3.8) is 0 Å². The number of hydrogen-bond acceptors (Lipinski definition) is 3. The van der Waals surface area contributed by atoms with Gasteiger partial charge in [-0.15, -0.1) is 11.3 Å². The summed E-state index contributed by atoms with van der Waals surface area (Å²) in [5, 5.41) is 5.52. The Bertz CT molecular complexity index is 516. The topological polar surface area (TPSA) is 24.9 Å². The second-order valence-electron chi connectivity index (χ2n) is 4.36. The highest BCUT2D eigenvalue weighted by Gasteiger charge is 2.16. The second kappa shape index (κ2) is 4.06. The van der Waals surface area contributed by atoms with Gasteiger partial charge in [0, 0.05) is 12.7 Å². The molecule has 0 spiro atoms. The van der Waals surface area contributed by atoms with Gasteiger partial charge in [-0.3, -0.25) is 4.98 Å². The van der Waals surface area contributed by atoms with E-state index < -0.39 is 0 Å². The normalized spacial score (nSPS) is 15.8. The van der Waals surface area contributed by atoms with Gasteiger partial charge in [0.25, 0.3) is 0 Å². The average molecular weight is 232 g/mol. The van der Waals surface area contributed by atoms with Gasteiger partial charge in [0.2, 0.25) is 0 Å². The molecule has 0 fully saturated rings. The summed E-state index contributed by atoms with van der Waals surface area (Å²) in [7, 11) is 2.03. The number of nitrogens with one attached hydrogen (secondary N) is 1. The molecule has 2 aromatic heterocycles. The zero-order valence-corrected chi connectivity index (χ0v) is 10.4. The van der Waals surface area contributed by atoms with Crippen molar-refractivity contribution in [2.45, 2.75) is 32.1 Å². The molecule has 1 aliphatic rings. The summed E-state index contributed by atoms with van der Waals surface area (Å²) >= 11 is 1.79. The molecule has 16 heavy (non-hydrogen) atoms. The van der Waals surface area contributed by atoms with Gasteiger partial charge in [0.15, 0.2) is 0 Å². The van der Waals surface area contributed by atoms with E-state index in [1.165, 1.54) is 47.3 Å². The lowest BCUT2D eigenvalue weighted by Crippen LogP contribution is -2.02. The third-order valence-corrected chi connectivity index (χ3v) is 4.29. The van der Waals surface area contributed by atoms with Crippen LogP contribution >= 0.6 is 11.3 Å². The number of rotatable bonds is 1. The molecule has 0 amide bonds. The van der Waals surface area contributed by atoms with Crippen LogP contribution in [-0.4, -0.2) is 12.0 Å². The number of pyridine rings is 1. The third kappa shape index (κ3) is 1.50. The zero-order chi connectivity index (χ0) is 11.0. The van der Waals surface area contributed by atoms with Gasteiger partial charge in [0.1, 0.15) is 0 Å². The van der Waals surface area contributed by atoms with Crippen LogP contribution in [0.4, 0.5) is 5.69 Å². The Kier molecular flexibility index (Phi) is 2.56. The van der Waals surface area contributed by atoms with E-state index in [4.69, 9.17) is 4.98 Å². The first-order chi connectivity index (χ1) is 7.90. The number of hydrogen-bond donors (Lipinski definition) is 1. The van der Waals surface area contributed by atoms with Gasteiger partial charge in [-0.2, -0.15) is 0 Å². The Morgan fingerprint density at radius 1 is 1.25 bits per heavy atom. The van der Waals surface area contributed by atoms with E-state index in [2.05, 4.69) is 16.8 Å². The SMILES string of the molecule is CNc1c2c(nc3ccsc13)CCCCC2. The van der Waals surface area contributed by atoms with Crippen LogP contribution < -0.4 is 5.32 Å². The fourth-order valence-electron chi connectivity index (χ4n) is 2.58. The second-order valence-corrected chi connectivity index (χ2v) is 5.27. The van der Waals surface area contributed by atoms with Crippen molar-refractivity contribution in [3.8, 4) is 0 Å². The van der Waals surface area contributed by atoms with Gasteiger partial charge in [-0.1, -0.05) is 6.42 Å². The lowest BCUT2D eigenvalue weighted by molar-refractivity contribution is 0.709. The molecule has 3 rings (SSSR count). The van der Waals surface area contributed by atoms with Crippen LogP contribution in [0.1, 0.15) is 30.5 Å². The molecule has 0 unspecified atom stereocenters. The average Bonchev–Trinajstić information content (AvgIpc) is 2.63. The Labute approximate surface area is 99.7 Å². The summed E-state index contributed by atoms with van der Waals surface area (Å²) in [6.45, 7) is 0. The number of fused-ring (bicyclic) bond motifs is 2. The number of aryl methyl sites for hydroxylation is 1.